The molecule has 0 amide bonds. The molecule has 134 valence electrons. The maximum atomic E-state index is 12.7. The summed E-state index contributed by atoms with van der Waals surface area (Å²) < 4.78 is 11.3. The van der Waals surface area contributed by atoms with Gasteiger partial charge in [0.2, 0.25) is 0 Å². The molecule has 0 saturated carbocycles. The number of benzene rings is 5. The number of hydrogen-bond donors (Lipinski definition) is 0. The van der Waals surface area contributed by atoms with Crippen LogP contribution in [0.15, 0.2) is 97.1 Å². The van der Waals surface area contributed by atoms with Crippen LogP contribution in [0.1, 0.15) is 0 Å². The van der Waals surface area contributed by atoms with E-state index in [0.717, 1.165) is 32.3 Å². The molecule has 0 aromatic heterocycles. The second-order valence-electron chi connectivity index (χ2n) is 6.58. The predicted octanol–water partition coefficient (Wildman–Crippen LogP) is 6.72. The van der Waals surface area contributed by atoms with Crippen molar-refractivity contribution in [2.24, 2.45) is 0 Å². The summed E-state index contributed by atoms with van der Waals surface area (Å²) in [5, 5.41) is 5.63. The summed E-state index contributed by atoms with van der Waals surface area (Å²) >= 11 is 0. The number of ether oxygens (including phenoxy) is 2. The first kappa shape index (κ1) is 16.3. The molecule has 0 aliphatic heterocycles. The maximum absolute atomic E-state index is 12.7. The lowest BCUT2D eigenvalue weighted by Gasteiger charge is -2.12. The monoisotopic (exact) mass is 364 g/mol. The zero-order valence-electron chi connectivity index (χ0n) is 15.0. The van der Waals surface area contributed by atoms with E-state index < -0.39 is 6.16 Å². The molecule has 0 heterocycles. The fourth-order valence-electron chi connectivity index (χ4n) is 3.56. The lowest BCUT2D eigenvalue weighted by atomic mass is 10.0. The zero-order chi connectivity index (χ0) is 18.9. The molecule has 0 radical (unpaired) electrons. The Morgan fingerprint density at radius 1 is 0.536 bits per heavy atom. The van der Waals surface area contributed by atoms with Gasteiger partial charge in [0.15, 0.2) is 0 Å². The van der Waals surface area contributed by atoms with Gasteiger partial charge in [-0.3, -0.25) is 0 Å². The zero-order valence-corrected chi connectivity index (χ0v) is 15.0. The van der Waals surface area contributed by atoms with E-state index >= 15 is 0 Å². The van der Waals surface area contributed by atoms with Gasteiger partial charge >= 0.3 is 6.16 Å². The standard InChI is InChI=1S/C25H16O3/c26-25(27-23-15-7-11-17-8-1-4-12-20(17)23)28-24-21-13-5-2-9-18(21)16-19-10-3-6-14-22(19)24/h1-16H. The van der Waals surface area contributed by atoms with E-state index in [2.05, 4.69) is 6.07 Å². The molecule has 0 bridgehead atoms. The average molecular weight is 364 g/mol. The minimum atomic E-state index is -0.752. The Balaban J connectivity index is 1.56. The van der Waals surface area contributed by atoms with E-state index in [1.54, 1.807) is 6.07 Å². The lowest BCUT2D eigenvalue weighted by molar-refractivity contribution is 0.153. The maximum Gasteiger partial charge on any atom is 0.519 e. The molecule has 5 rings (SSSR count). The summed E-state index contributed by atoms with van der Waals surface area (Å²) in [6, 6.07) is 31.2. The number of fused-ring (bicyclic) bond motifs is 3. The Bertz CT molecular complexity index is 1280. The first-order valence-electron chi connectivity index (χ1n) is 9.07. The number of hydrogen-bond acceptors (Lipinski definition) is 3. The molecule has 3 heteroatoms. The number of carbonyl (C=O) groups is 1. The van der Waals surface area contributed by atoms with Gasteiger partial charge in [0.05, 0.1) is 0 Å². The molecule has 0 aliphatic rings. The highest BCUT2D eigenvalue weighted by atomic mass is 16.7. The Morgan fingerprint density at radius 2 is 1.07 bits per heavy atom. The van der Waals surface area contributed by atoms with Gasteiger partial charge in [0.1, 0.15) is 11.5 Å². The molecular formula is C25H16O3. The fourth-order valence-corrected chi connectivity index (χ4v) is 3.56. The summed E-state index contributed by atoms with van der Waals surface area (Å²) in [6.45, 7) is 0. The molecule has 5 aromatic carbocycles. The van der Waals surface area contributed by atoms with Crippen molar-refractivity contribution in [3.05, 3.63) is 97.1 Å². The molecule has 0 saturated heterocycles. The molecule has 0 spiro atoms. The number of rotatable bonds is 2. The van der Waals surface area contributed by atoms with Crippen molar-refractivity contribution in [3.63, 3.8) is 0 Å². The SMILES string of the molecule is O=C(Oc1cccc2ccccc12)Oc1c2ccccc2cc2ccccc12. The van der Waals surface area contributed by atoms with Crippen LogP contribution in [0.3, 0.4) is 0 Å². The minimum Gasteiger partial charge on any atom is -0.394 e. The van der Waals surface area contributed by atoms with Crippen LogP contribution < -0.4 is 9.47 Å². The summed E-state index contributed by atoms with van der Waals surface area (Å²) in [5.74, 6) is 0.992. The van der Waals surface area contributed by atoms with Crippen molar-refractivity contribution in [3.8, 4) is 11.5 Å². The average Bonchev–Trinajstić information content (AvgIpc) is 2.74. The molecule has 0 N–H and O–H groups in total. The Hall–Kier alpha value is -3.85. The Morgan fingerprint density at radius 3 is 1.75 bits per heavy atom. The smallest absolute Gasteiger partial charge is 0.394 e. The Labute approximate surface area is 161 Å². The van der Waals surface area contributed by atoms with Crippen LogP contribution in [0.25, 0.3) is 32.3 Å². The van der Waals surface area contributed by atoms with Gasteiger partial charge in [-0.15, -0.1) is 0 Å². The summed E-state index contributed by atoms with van der Waals surface area (Å²) in [5.41, 5.74) is 0. The minimum absolute atomic E-state index is 0.479. The number of carbonyl (C=O) groups excluding carboxylic acids is 1. The highest BCUT2D eigenvalue weighted by Crippen LogP contribution is 2.35. The van der Waals surface area contributed by atoms with Crippen molar-refractivity contribution in [1.29, 1.82) is 0 Å². The quantitative estimate of drug-likeness (QED) is 0.198. The highest BCUT2D eigenvalue weighted by molar-refractivity contribution is 6.06. The molecule has 3 nitrogen and oxygen atoms in total. The lowest BCUT2D eigenvalue weighted by Crippen LogP contribution is -2.14. The third-order valence-corrected chi connectivity index (χ3v) is 4.85. The molecule has 0 fully saturated rings. The molecule has 5 aromatic rings. The second-order valence-corrected chi connectivity index (χ2v) is 6.58. The molecule has 0 aliphatic carbocycles. The third-order valence-electron chi connectivity index (χ3n) is 4.85. The van der Waals surface area contributed by atoms with E-state index in [0.29, 0.717) is 11.5 Å². The van der Waals surface area contributed by atoms with Crippen molar-refractivity contribution in [2.45, 2.75) is 0 Å². The van der Waals surface area contributed by atoms with E-state index in [-0.39, 0.29) is 0 Å². The van der Waals surface area contributed by atoms with Gasteiger partial charge in [-0.1, -0.05) is 84.9 Å². The highest BCUT2D eigenvalue weighted by Gasteiger charge is 2.15. The van der Waals surface area contributed by atoms with Crippen molar-refractivity contribution < 1.29 is 14.3 Å². The van der Waals surface area contributed by atoms with Crippen LogP contribution in [-0.2, 0) is 0 Å². The van der Waals surface area contributed by atoms with Crippen LogP contribution in [0.5, 0.6) is 11.5 Å². The molecule has 28 heavy (non-hydrogen) atoms. The van der Waals surface area contributed by atoms with Gasteiger partial charge in [0.25, 0.3) is 0 Å². The van der Waals surface area contributed by atoms with Gasteiger partial charge < -0.3 is 9.47 Å². The first-order valence-corrected chi connectivity index (χ1v) is 9.07. The van der Waals surface area contributed by atoms with Crippen LogP contribution >= 0.6 is 0 Å². The van der Waals surface area contributed by atoms with Crippen LogP contribution in [0.4, 0.5) is 4.79 Å². The fraction of sp³-hybridized carbons (Fsp3) is 0. The van der Waals surface area contributed by atoms with Gasteiger partial charge in [-0.05, 0) is 28.3 Å². The van der Waals surface area contributed by atoms with Crippen LogP contribution in [0.2, 0.25) is 0 Å². The first-order chi connectivity index (χ1) is 13.8. The largest absolute Gasteiger partial charge is 0.519 e. The summed E-state index contributed by atoms with van der Waals surface area (Å²) in [4.78, 5) is 12.7. The van der Waals surface area contributed by atoms with E-state index in [9.17, 15) is 4.79 Å². The third kappa shape index (κ3) is 2.83. The predicted molar refractivity (Wildman–Crippen MR) is 112 cm³/mol. The molecular weight excluding hydrogens is 348 g/mol. The van der Waals surface area contributed by atoms with Crippen molar-refractivity contribution in [2.75, 3.05) is 0 Å². The Kier molecular flexibility index (Phi) is 3.91. The van der Waals surface area contributed by atoms with Crippen LogP contribution in [0, 0.1) is 0 Å². The normalized spacial score (nSPS) is 11.0. The van der Waals surface area contributed by atoms with Crippen molar-refractivity contribution in [1.82, 2.24) is 0 Å². The van der Waals surface area contributed by atoms with Gasteiger partial charge in [0, 0.05) is 16.2 Å². The van der Waals surface area contributed by atoms with E-state index in [1.807, 2.05) is 84.9 Å². The molecule has 0 atom stereocenters. The second kappa shape index (κ2) is 6.71. The summed E-state index contributed by atoms with van der Waals surface area (Å²) in [6.07, 6.45) is -0.752. The summed E-state index contributed by atoms with van der Waals surface area (Å²) in [7, 11) is 0. The van der Waals surface area contributed by atoms with E-state index in [4.69, 9.17) is 9.47 Å². The van der Waals surface area contributed by atoms with Gasteiger partial charge in [-0.2, -0.15) is 0 Å². The topological polar surface area (TPSA) is 35.5 Å². The van der Waals surface area contributed by atoms with Crippen LogP contribution in [-0.4, -0.2) is 6.16 Å². The van der Waals surface area contributed by atoms with E-state index in [1.165, 1.54) is 0 Å². The van der Waals surface area contributed by atoms with Crippen molar-refractivity contribution >= 4 is 38.5 Å². The van der Waals surface area contributed by atoms with Gasteiger partial charge in [-0.25, -0.2) is 4.79 Å². The molecule has 0 unspecified atom stereocenters.